The third-order valence-electron chi connectivity index (χ3n) is 3.44. The van der Waals surface area contributed by atoms with Crippen molar-refractivity contribution >= 4 is 15.9 Å². The molecule has 1 heterocycles. The van der Waals surface area contributed by atoms with Crippen molar-refractivity contribution in [2.45, 2.75) is 33.2 Å². The largest absolute Gasteiger partial charge is 0.309 e. The fourth-order valence-electron chi connectivity index (χ4n) is 2.75. The standard InChI is InChI=1S/C16H22BrN3/c1-5-18-15(16-14(17)10-19-20(16)4)9-13-7-11(2)6-12(3)8-13/h6-8,10,15,18H,5,9H2,1-4H3. The number of rotatable bonds is 5. The van der Waals surface area contributed by atoms with E-state index in [0.717, 1.165) is 17.4 Å². The van der Waals surface area contributed by atoms with Crippen LogP contribution in [-0.4, -0.2) is 16.3 Å². The molecule has 1 aromatic carbocycles. The lowest BCUT2D eigenvalue weighted by molar-refractivity contribution is 0.506. The predicted octanol–water partition coefficient (Wildman–Crippen LogP) is 3.69. The molecule has 0 aliphatic heterocycles. The van der Waals surface area contributed by atoms with Gasteiger partial charge in [0.1, 0.15) is 0 Å². The first kappa shape index (κ1) is 15.3. The first-order valence-electron chi connectivity index (χ1n) is 6.99. The molecule has 0 saturated carbocycles. The summed E-state index contributed by atoms with van der Waals surface area (Å²) < 4.78 is 3.01. The number of benzene rings is 1. The summed E-state index contributed by atoms with van der Waals surface area (Å²) in [5, 5.41) is 7.89. The van der Waals surface area contributed by atoms with Crippen LogP contribution in [0.5, 0.6) is 0 Å². The number of nitrogens with zero attached hydrogens (tertiary/aromatic N) is 2. The van der Waals surface area contributed by atoms with Crippen LogP contribution in [-0.2, 0) is 13.5 Å². The second kappa shape index (κ2) is 6.55. The molecule has 3 nitrogen and oxygen atoms in total. The van der Waals surface area contributed by atoms with E-state index in [-0.39, 0.29) is 6.04 Å². The lowest BCUT2D eigenvalue weighted by atomic mass is 9.99. The third kappa shape index (κ3) is 3.49. The molecule has 0 aliphatic carbocycles. The van der Waals surface area contributed by atoms with E-state index in [1.165, 1.54) is 22.4 Å². The smallest absolute Gasteiger partial charge is 0.0695 e. The Balaban J connectivity index is 2.30. The topological polar surface area (TPSA) is 29.9 Å². The van der Waals surface area contributed by atoms with Crippen LogP contribution in [0.25, 0.3) is 0 Å². The summed E-state index contributed by atoms with van der Waals surface area (Å²) >= 11 is 3.61. The van der Waals surface area contributed by atoms with Crippen molar-refractivity contribution in [1.29, 1.82) is 0 Å². The van der Waals surface area contributed by atoms with Crippen molar-refractivity contribution in [3.05, 3.63) is 51.3 Å². The molecule has 4 heteroatoms. The van der Waals surface area contributed by atoms with E-state index in [1.807, 2.05) is 17.9 Å². The Bertz CT molecular complexity index is 550. The number of aromatic nitrogens is 2. The number of hydrogen-bond donors (Lipinski definition) is 1. The number of hydrogen-bond acceptors (Lipinski definition) is 2. The molecule has 0 bridgehead atoms. The van der Waals surface area contributed by atoms with Gasteiger partial charge < -0.3 is 5.32 Å². The summed E-state index contributed by atoms with van der Waals surface area (Å²) in [5.41, 5.74) is 5.20. The lowest BCUT2D eigenvalue weighted by Crippen LogP contribution is -2.25. The van der Waals surface area contributed by atoms with Crippen LogP contribution in [0.4, 0.5) is 0 Å². The fraction of sp³-hybridized carbons (Fsp3) is 0.438. The normalized spacial score (nSPS) is 12.7. The van der Waals surface area contributed by atoms with E-state index in [0.29, 0.717) is 0 Å². The van der Waals surface area contributed by atoms with Crippen LogP contribution < -0.4 is 5.32 Å². The minimum atomic E-state index is 0.267. The first-order chi connectivity index (χ1) is 9.51. The van der Waals surface area contributed by atoms with E-state index in [9.17, 15) is 0 Å². The Morgan fingerprint density at radius 1 is 1.25 bits per heavy atom. The van der Waals surface area contributed by atoms with E-state index in [4.69, 9.17) is 0 Å². The van der Waals surface area contributed by atoms with Gasteiger partial charge in [-0.2, -0.15) is 5.10 Å². The molecule has 2 rings (SSSR count). The second-order valence-corrected chi connectivity index (χ2v) is 6.17. The minimum absolute atomic E-state index is 0.267. The highest BCUT2D eigenvalue weighted by Gasteiger charge is 2.18. The van der Waals surface area contributed by atoms with Crippen LogP contribution >= 0.6 is 15.9 Å². The Kier molecular flexibility index (Phi) is 5.00. The van der Waals surface area contributed by atoms with Gasteiger partial charge in [-0.1, -0.05) is 36.2 Å². The lowest BCUT2D eigenvalue weighted by Gasteiger charge is -2.19. The molecule has 1 unspecified atom stereocenters. The first-order valence-corrected chi connectivity index (χ1v) is 7.78. The Labute approximate surface area is 129 Å². The molecule has 1 N–H and O–H groups in total. The summed E-state index contributed by atoms with van der Waals surface area (Å²) in [7, 11) is 1.99. The van der Waals surface area contributed by atoms with Gasteiger partial charge in [0.05, 0.1) is 22.4 Å². The van der Waals surface area contributed by atoms with E-state index < -0.39 is 0 Å². The number of aryl methyl sites for hydroxylation is 3. The van der Waals surface area contributed by atoms with Crippen LogP contribution in [0.1, 0.15) is 35.3 Å². The average molecular weight is 336 g/mol. The Hall–Kier alpha value is -1.13. The van der Waals surface area contributed by atoms with Gasteiger partial charge >= 0.3 is 0 Å². The molecule has 1 aromatic heterocycles. The Morgan fingerprint density at radius 3 is 2.40 bits per heavy atom. The molecule has 20 heavy (non-hydrogen) atoms. The summed E-state index contributed by atoms with van der Waals surface area (Å²) in [4.78, 5) is 0. The van der Waals surface area contributed by atoms with Crippen molar-refractivity contribution in [3.8, 4) is 0 Å². The predicted molar refractivity (Wildman–Crippen MR) is 86.9 cm³/mol. The van der Waals surface area contributed by atoms with Crippen LogP contribution in [0.2, 0.25) is 0 Å². The second-order valence-electron chi connectivity index (χ2n) is 5.31. The molecular weight excluding hydrogens is 314 g/mol. The zero-order valence-corrected chi connectivity index (χ0v) is 14.2. The maximum Gasteiger partial charge on any atom is 0.0695 e. The van der Waals surface area contributed by atoms with Gasteiger partial charge in [0.15, 0.2) is 0 Å². The highest BCUT2D eigenvalue weighted by atomic mass is 79.9. The van der Waals surface area contributed by atoms with Gasteiger partial charge in [-0.05, 0) is 48.3 Å². The maximum atomic E-state index is 4.33. The molecule has 2 aromatic rings. The summed E-state index contributed by atoms with van der Waals surface area (Å²) in [6.45, 7) is 7.38. The van der Waals surface area contributed by atoms with Crippen molar-refractivity contribution in [1.82, 2.24) is 15.1 Å². The van der Waals surface area contributed by atoms with Crippen LogP contribution in [0, 0.1) is 13.8 Å². The van der Waals surface area contributed by atoms with E-state index in [1.54, 1.807) is 0 Å². The summed E-state index contributed by atoms with van der Waals surface area (Å²) in [5.74, 6) is 0. The third-order valence-corrected chi connectivity index (χ3v) is 4.05. The molecule has 108 valence electrons. The summed E-state index contributed by atoms with van der Waals surface area (Å²) in [6, 6.07) is 7.01. The fourth-order valence-corrected chi connectivity index (χ4v) is 3.37. The molecule has 0 fully saturated rings. The quantitative estimate of drug-likeness (QED) is 0.902. The molecule has 0 aliphatic rings. The van der Waals surface area contributed by atoms with Crippen molar-refractivity contribution < 1.29 is 0 Å². The van der Waals surface area contributed by atoms with Crippen molar-refractivity contribution in [2.75, 3.05) is 6.54 Å². The average Bonchev–Trinajstić information content (AvgIpc) is 2.67. The Morgan fingerprint density at radius 2 is 1.90 bits per heavy atom. The number of nitrogens with one attached hydrogen (secondary N) is 1. The number of likely N-dealkylation sites (N-methyl/N-ethyl adjacent to an activating group) is 1. The van der Waals surface area contributed by atoms with Gasteiger partial charge in [0, 0.05) is 7.05 Å². The molecule has 0 saturated heterocycles. The minimum Gasteiger partial charge on any atom is -0.309 e. The van der Waals surface area contributed by atoms with E-state index >= 15 is 0 Å². The van der Waals surface area contributed by atoms with Crippen molar-refractivity contribution in [2.24, 2.45) is 7.05 Å². The monoisotopic (exact) mass is 335 g/mol. The van der Waals surface area contributed by atoms with Gasteiger partial charge in [-0.15, -0.1) is 0 Å². The molecule has 0 radical (unpaired) electrons. The van der Waals surface area contributed by atoms with E-state index in [2.05, 4.69) is 65.3 Å². The van der Waals surface area contributed by atoms with Crippen LogP contribution in [0.3, 0.4) is 0 Å². The van der Waals surface area contributed by atoms with Gasteiger partial charge in [0.25, 0.3) is 0 Å². The molecule has 0 spiro atoms. The highest BCUT2D eigenvalue weighted by molar-refractivity contribution is 9.10. The van der Waals surface area contributed by atoms with Crippen LogP contribution in [0.15, 0.2) is 28.9 Å². The molecule has 1 atom stereocenters. The zero-order valence-electron chi connectivity index (χ0n) is 12.6. The summed E-state index contributed by atoms with van der Waals surface area (Å²) in [6.07, 6.45) is 2.83. The van der Waals surface area contributed by atoms with Gasteiger partial charge in [-0.25, -0.2) is 0 Å². The van der Waals surface area contributed by atoms with Crippen molar-refractivity contribution in [3.63, 3.8) is 0 Å². The molecular formula is C16H22BrN3. The highest BCUT2D eigenvalue weighted by Crippen LogP contribution is 2.26. The SMILES string of the molecule is CCNC(Cc1cc(C)cc(C)c1)c1c(Br)cnn1C. The van der Waals surface area contributed by atoms with Gasteiger partial charge in [0.2, 0.25) is 0 Å². The molecule has 0 amide bonds. The maximum absolute atomic E-state index is 4.33. The van der Waals surface area contributed by atoms with Gasteiger partial charge in [-0.3, -0.25) is 4.68 Å². The number of halogens is 1. The zero-order chi connectivity index (χ0) is 14.7.